The molecular formula is C19H21FN2O6S2. The summed E-state index contributed by atoms with van der Waals surface area (Å²) in [5.41, 5.74) is 0.673. The molecule has 0 bridgehead atoms. The average molecular weight is 457 g/mol. The number of nitrogens with one attached hydrogen (secondary N) is 1. The molecular weight excluding hydrogens is 435 g/mol. The number of halogens is 1. The number of sulfonamides is 2. The van der Waals surface area contributed by atoms with Gasteiger partial charge in [0.1, 0.15) is 16.5 Å². The molecule has 30 heavy (non-hydrogen) atoms. The van der Waals surface area contributed by atoms with Gasteiger partial charge in [0.05, 0.1) is 24.5 Å². The Morgan fingerprint density at radius 2 is 1.87 bits per heavy atom. The molecule has 2 aromatic rings. The number of methoxy groups -OCH3 is 1. The van der Waals surface area contributed by atoms with Crippen LogP contribution in [0, 0.1) is 11.7 Å². The van der Waals surface area contributed by atoms with E-state index in [0.717, 1.165) is 11.6 Å². The molecule has 1 saturated heterocycles. The number of amides is 1. The van der Waals surface area contributed by atoms with E-state index in [1.807, 2.05) is 0 Å². The van der Waals surface area contributed by atoms with Crippen LogP contribution in [0.1, 0.15) is 12.5 Å². The summed E-state index contributed by atoms with van der Waals surface area (Å²) in [6, 6.07) is 9.40. The van der Waals surface area contributed by atoms with Gasteiger partial charge in [-0.1, -0.05) is 19.1 Å². The third kappa shape index (κ3) is 4.47. The van der Waals surface area contributed by atoms with E-state index < -0.39 is 31.9 Å². The lowest BCUT2D eigenvalue weighted by Gasteiger charge is -2.18. The largest absolute Gasteiger partial charge is 0.495 e. The zero-order valence-corrected chi connectivity index (χ0v) is 18.0. The maximum atomic E-state index is 13.0. The molecule has 0 aliphatic carbocycles. The van der Waals surface area contributed by atoms with Crippen LogP contribution in [0.3, 0.4) is 0 Å². The first kappa shape index (κ1) is 22.2. The molecule has 0 aromatic heterocycles. The predicted molar refractivity (Wildman–Crippen MR) is 109 cm³/mol. The molecule has 0 unspecified atom stereocenters. The molecule has 8 nitrogen and oxygen atoms in total. The summed E-state index contributed by atoms with van der Waals surface area (Å²) in [5.74, 6) is -2.05. The highest BCUT2D eigenvalue weighted by Crippen LogP contribution is 2.33. The first-order chi connectivity index (χ1) is 14.0. The second-order valence-electron chi connectivity index (χ2n) is 6.89. The van der Waals surface area contributed by atoms with Gasteiger partial charge in [-0.15, -0.1) is 0 Å². The molecule has 1 amide bonds. The van der Waals surface area contributed by atoms with Crippen molar-refractivity contribution in [2.24, 2.45) is 5.92 Å². The van der Waals surface area contributed by atoms with Gasteiger partial charge in [-0.25, -0.2) is 30.3 Å². The number of carbonyl (C=O) groups is 1. The van der Waals surface area contributed by atoms with Crippen LogP contribution in [0.4, 0.5) is 10.1 Å². The minimum absolute atomic E-state index is 0.00474. The summed E-state index contributed by atoms with van der Waals surface area (Å²) in [6.07, 6.45) is 0.317. The zero-order chi connectivity index (χ0) is 22.1. The van der Waals surface area contributed by atoms with E-state index in [4.69, 9.17) is 4.74 Å². The Kier molecular flexibility index (Phi) is 6.16. The number of rotatable bonds is 7. The smallest absolute Gasteiger partial charge is 0.244 e. The Labute approximate surface area is 174 Å². The second kappa shape index (κ2) is 8.32. The Morgan fingerprint density at radius 1 is 1.20 bits per heavy atom. The van der Waals surface area contributed by atoms with Crippen LogP contribution < -0.4 is 13.8 Å². The number of anilines is 1. The zero-order valence-electron chi connectivity index (χ0n) is 16.3. The van der Waals surface area contributed by atoms with Crippen molar-refractivity contribution in [2.75, 3.05) is 23.7 Å². The molecule has 1 aliphatic heterocycles. The topological polar surface area (TPSA) is 110 Å². The summed E-state index contributed by atoms with van der Waals surface area (Å²) in [5, 5.41) is 0. The first-order valence-corrected chi connectivity index (χ1v) is 12.1. The SMILES string of the molecule is COc1ccc(N2C(=O)[C@H](C)CS2(=O)=O)cc1S(=O)(=O)NCCc1ccc(F)cc1. The molecule has 1 fully saturated rings. The Morgan fingerprint density at radius 3 is 2.43 bits per heavy atom. The highest BCUT2D eigenvalue weighted by Gasteiger charge is 2.42. The Bertz CT molecular complexity index is 1160. The minimum atomic E-state index is -4.08. The van der Waals surface area contributed by atoms with Crippen LogP contribution in [0.25, 0.3) is 0 Å². The van der Waals surface area contributed by atoms with Gasteiger partial charge in [0.25, 0.3) is 0 Å². The lowest BCUT2D eigenvalue weighted by molar-refractivity contribution is -0.119. The molecule has 1 aliphatic rings. The number of ether oxygens (including phenoxy) is 1. The molecule has 2 aromatic carbocycles. The monoisotopic (exact) mass is 456 g/mol. The quantitative estimate of drug-likeness (QED) is 0.679. The summed E-state index contributed by atoms with van der Waals surface area (Å²) in [7, 11) is -6.68. The number of benzene rings is 2. The van der Waals surface area contributed by atoms with Gasteiger partial charge in [-0.3, -0.25) is 4.79 Å². The van der Waals surface area contributed by atoms with E-state index in [2.05, 4.69) is 4.72 Å². The molecule has 0 radical (unpaired) electrons. The number of nitrogens with zero attached hydrogens (tertiary/aromatic N) is 1. The standard InChI is InChI=1S/C19H21FN2O6S2/c1-13-12-29(24,25)22(19(13)23)16-7-8-17(28-2)18(11-16)30(26,27)21-10-9-14-3-5-15(20)6-4-14/h3-8,11,13,21H,9-10,12H2,1-2H3/t13-/m1/s1. The van der Waals surface area contributed by atoms with E-state index in [1.165, 1.54) is 38.3 Å². The third-order valence-corrected chi connectivity index (χ3v) is 8.00. The van der Waals surface area contributed by atoms with Gasteiger partial charge in [0.15, 0.2) is 0 Å². The van der Waals surface area contributed by atoms with Crippen molar-refractivity contribution in [3.63, 3.8) is 0 Å². The number of hydrogen-bond acceptors (Lipinski definition) is 6. The van der Waals surface area contributed by atoms with Gasteiger partial charge in [-0.2, -0.15) is 0 Å². The van der Waals surface area contributed by atoms with E-state index in [1.54, 1.807) is 12.1 Å². The molecule has 1 heterocycles. The van der Waals surface area contributed by atoms with Crippen LogP contribution in [-0.2, 0) is 31.3 Å². The molecule has 0 saturated carbocycles. The highest BCUT2D eigenvalue weighted by atomic mass is 32.2. The van der Waals surface area contributed by atoms with Gasteiger partial charge < -0.3 is 4.74 Å². The molecule has 1 atom stereocenters. The number of hydrogen-bond donors (Lipinski definition) is 1. The van der Waals surface area contributed by atoms with Gasteiger partial charge in [-0.05, 0) is 42.3 Å². The maximum Gasteiger partial charge on any atom is 0.244 e. The normalized spacial score (nSPS) is 18.6. The van der Waals surface area contributed by atoms with Crippen LogP contribution in [0.2, 0.25) is 0 Å². The second-order valence-corrected chi connectivity index (χ2v) is 10.5. The van der Waals surface area contributed by atoms with Crippen LogP contribution >= 0.6 is 0 Å². The lowest BCUT2D eigenvalue weighted by Crippen LogP contribution is -2.31. The van der Waals surface area contributed by atoms with Crippen molar-refractivity contribution < 1.29 is 30.8 Å². The predicted octanol–water partition coefficient (Wildman–Crippen LogP) is 1.67. The fourth-order valence-corrected chi connectivity index (χ4v) is 6.18. The summed E-state index contributed by atoms with van der Waals surface area (Å²) >= 11 is 0. The first-order valence-electron chi connectivity index (χ1n) is 9.04. The van der Waals surface area contributed by atoms with Crippen molar-refractivity contribution in [2.45, 2.75) is 18.2 Å². The summed E-state index contributed by atoms with van der Waals surface area (Å²) in [4.78, 5) is 12.0. The van der Waals surface area contributed by atoms with Crippen LogP contribution in [-0.4, -0.2) is 42.2 Å². The Balaban J connectivity index is 1.87. The molecule has 0 spiro atoms. The lowest BCUT2D eigenvalue weighted by atomic mass is 10.1. The van der Waals surface area contributed by atoms with Crippen LogP contribution in [0.5, 0.6) is 5.75 Å². The van der Waals surface area contributed by atoms with Crippen molar-refractivity contribution in [3.8, 4) is 5.75 Å². The van der Waals surface area contributed by atoms with Gasteiger partial charge in [0, 0.05) is 6.54 Å². The van der Waals surface area contributed by atoms with Crippen molar-refractivity contribution >= 4 is 31.6 Å². The van der Waals surface area contributed by atoms with E-state index in [0.29, 0.717) is 10.7 Å². The molecule has 162 valence electrons. The molecule has 1 N–H and O–H groups in total. The van der Waals surface area contributed by atoms with Crippen molar-refractivity contribution in [1.29, 1.82) is 0 Å². The summed E-state index contributed by atoms with van der Waals surface area (Å²) < 4.78 is 71.5. The molecule has 11 heteroatoms. The van der Waals surface area contributed by atoms with Crippen molar-refractivity contribution in [1.82, 2.24) is 4.72 Å². The highest BCUT2D eigenvalue weighted by molar-refractivity contribution is 7.94. The van der Waals surface area contributed by atoms with Crippen LogP contribution in [0.15, 0.2) is 47.4 Å². The van der Waals surface area contributed by atoms with Crippen molar-refractivity contribution in [3.05, 3.63) is 53.8 Å². The fraction of sp³-hybridized carbons (Fsp3) is 0.316. The average Bonchev–Trinajstić information content (AvgIpc) is 2.89. The van der Waals surface area contributed by atoms with E-state index >= 15 is 0 Å². The van der Waals surface area contributed by atoms with E-state index in [-0.39, 0.29) is 34.4 Å². The van der Waals surface area contributed by atoms with Gasteiger partial charge >= 0.3 is 0 Å². The maximum absolute atomic E-state index is 13.0. The third-order valence-electron chi connectivity index (χ3n) is 4.65. The fourth-order valence-electron chi connectivity index (χ4n) is 3.15. The summed E-state index contributed by atoms with van der Waals surface area (Å²) in [6.45, 7) is 1.53. The Hall–Kier alpha value is -2.50. The molecule has 3 rings (SSSR count). The minimum Gasteiger partial charge on any atom is -0.495 e. The number of carbonyl (C=O) groups excluding carboxylic acids is 1. The van der Waals surface area contributed by atoms with Gasteiger partial charge in [0.2, 0.25) is 26.0 Å². The van der Waals surface area contributed by atoms with E-state index in [9.17, 15) is 26.0 Å².